The standard InChI is InChI=1S/C14H13ClN2O2/c1-9(2)8-17-13(18)7-12(16-14(17)19)10-4-3-5-11(15)6-10/h3-7H,1,8H2,2H3,(H,16,19). The van der Waals surface area contributed by atoms with Crippen molar-refractivity contribution in [1.29, 1.82) is 0 Å². The van der Waals surface area contributed by atoms with Gasteiger partial charge in [-0.3, -0.25) is 9.36 Å². The predicted octanol–water partition coefficient (Wildman–Crippen LogP) is 2.43. The zero-order chi connectivity index (χ0) is 14.0. The largest absolute Gasteiger partial charge is 0.329 e. The second-order valence-corrected chi connectivity index (χ2v) is 4.82. The van der Waals surface area contributed by atoms with Crippen LogP contribution in [-0.2, 0) is 6.54 Å². The Balaban J connectivity index is 2.55. The van der Waals surface area contributed by atoms with Crippen LogP contribution in [0.3, 0.4) is 0 Å². The molecule has 0 bridgehead atoms. The molecule has 0 aliphatic carbocycles. The molecule has 0 spiro atoms. The van der Waals surface area contributed by atoms with Gasteiger partial charge < -0.3 is 4.98 Å². The van der Waals surface area contributed by atoms with Crippen LogP contribution >= 0.6 is 11.6 Å². The molecule has 0 unspecified atom stereocenters. The normalized spacial score (nSPS) is 10.4. The maximum atomic E-state index is 11.9. The minimum atomic E-state index is -0.453. The number of nitrogens with zero attached hydrogens (tertiary/aromatic N) is 1. The first kappa shape index (κ1) is 13.4. The molecule has 1 aromatic heterocycles. The van der Waals surface area contributed by atoms with Crippen LogP contribution in [0.15, 0.2) is 52.1 Å². The van der Waals surface area contributed by atoms with Crippen LogP contribution in [-0.4, -0.2) is 9.55 Å². The first-order chi connectivity index (χ1) is 8.97. The summed E-state index contributed by atoms with van der Waals surface area (Å²) >= 11 is 5.89. The number of allylic oxidation sites excluding steroid dienone is 1. The van der Waals surface area contributed by atoms with Gasteiger partial charge in [0.1, 0.15) is 0 Å². The van der Waals surface area contributed by atoms with Crippen molar-refractivity contribution in [3.05, 3.63) is 68.3 Å². The molecule has 0 radical (unpaired) electrons. The number of halogens is 1. The fraction of sp³-hybridized carbons (Fsp3) is 0.143. The van der Waals surface area contributed by atoms with E-state index >= 15 is 0 Å². The smallest absolute Gasteiger partial charge is 0.307 e. The van der Waals surface area contributed by atoms with Crippen molar-refractivity contribution in [3.8, 4) is 11.3 Å². The third kappa shape index (κ3) is 3.03. The lowest BCUT2D eigenvalue weighted by atomic mass is 10.1. The van der Waals surface area contributed by atoms with Gasteiger partial charge in [0.05, 0.1) is 12.2 Å². The van der Waals surface area contributed by atoms with E-state index in [4.69, 9.17) is 11.6 Å². The summed E-state index contributed by atoms with van der Waals surface area (Å²) in [5.41, 5.74) is 1.08. The predicted molar refractivity (Wildman–Crippen MR) is 76.6 cm³/mol. The summed E-state index contributed by atoms with van der Waals surface area (Å²) in [4.78, 5) is 26.5. The van der Waals surface area contributed by atoms with Crippen molar-refractivity contribution in [2.24, 2.45) is 0 Å². The third-order valence-electron chi connectivity index (χ3n) is 2.58. The molecule has 0 saturated carbocycles. The minimum absolute atomic E-state index is 0.212. The Morgan fingerprint density at radius 2 is 2.11 bits per heavy atom. The molecule has 0 amide bonds. The van der Waals surface area contributed by atoms with Crippen LogP contribution < -0.4 is 11.2 Å². The van der Waals surface area contributed by atoms with Crippen molar-refractivity contribution >= 4 is 11.6 Å². The molecule has 19 heavy (non-hydrogen) atoms. The van der Waals surface area contributed by atoms with Crippen molar-refractivity contribution in [3.63, 3.8) is 0 Å². The Kier molecular flexibility index (Phi) is 3.71. The fourth-order valence-corrected chi connectivity index (χ4v) is 1.94. The van der Waals surface area contributed by atoms with E-state index in [1.807, 2.05) is 0 Å². The lowest BCUT2D eigenvalue weighted by Gasteiger charge is -2.06. The topological polar surface area (TPSA) is 54.9 Å². The first-order valence-corrected chi connectivity index (χ1v) is 6.09. The van der Waals surface area contributed by atoms with E-state index in [2.05, 4.69) is 11.6 Å². The first-order valence-electron chi connectivity index (χ1n) is 5.72. The van der Waals surface area contributed by atoms with Gasteiger partial charge in [-0.1, -0.05) is 35.9 Å². The van der Waals surface area contributed by atoms with Crippen LogP contribution in [0.4, 0.5) is 0 Å². The molecule has 1 aromatic carbocycles. The quantitative estimate of drug-likeness (QED) is 0.876. The summed E-state index contributed by atoms with van der Waals surface area (Å²) in [6.45, 7) is 5.67. The van der Waals surface area contributed by atoms with E-state index in [-0.39, 0.29) is 12.1 Å². The van der Waals surface area contributed by atoms with Crippen molar-refractivity contribution in [2.75, 3.05) is 0 Å². The average Bonchev–Trinajstić information content (AvgIpc) is 2.33. The van der Waals surface area contributed by atoms with Gasteiger partial charge in [0.15, 0.2) is 0 Å². The molecule has 4 nitrogen and oxygen atoms in total. The molecule has 0 aliphatic rings. The van der Waals surface area contributed by atoms with Gasteiger partial charge in [0, 0.05) is 11.1 Å². The van der Waals surface area contributed by atoms with Crippen molar-refractivity contribution in [1.82, 2.24) is 9.55 Å². The summed E-state index contributed by atoms with van der Waals surface area (Å²) in [5.74, 6) is 0. The summed E-state index contributed by atoms with van der Waals surface area (Å²) in [6.07, 6.45) is 0. The number of H-pyrrole nitrogens is 1. The Labute approximate surface area is 115 Å². The molecule has 1 N–H and O–H groups in total. The van der Waals surface area contributed by atoms with Crippen molar-refractivity contribution < 1.29 is 0 Å². The number of aromatic amines is 1. The Bertz CT molecular complexity index is 712. The highest BCUT2D eigenvalue weighted by atomic mass is 35.5. The van der Waals surface area contributed by atoms with Gasteiger partial charge in [-0.05, 0) is 24.6 Å². The van der Waals surface area contributed by atoms with E-state index in [1.54, 1.807) is 31.2 Å². The third-order valence-corrected chi connectivity index (χ3v) is 2.82. The van der Waals surface area contributed by atoms with Gasteiger partial charge in [-0.15, -0.1) is 0 Å². The van der Waals surface area contributed by atoms with Gasteiger partial charge >= 0.3 is 5.69 Å². The molecule has 1 heterocycles. The molecule has 98 valence electrons. The number of aromatic nitrogens is 2. The fourth-order valence-electron chi connectivity index (χ4n) is 1.75. The lowest BCUT2D eigenvalue weighted by molar-refractivity contribution is 0.693. The highest BCUT2D eigenvalue weighted by Crippen LogP contribution is 2.18. The van der Waals surface area contributed by atoms with Crippen LogP contribution in [0.1, 0.15) is 6.92 Å². The van der Waals surface area contributed by atoms with E-state index in [1.165, 1.54) is 6.07 Å². The molecule has 5 heteroatoms. The number of hydrogen-bond acceptors (Lipinski definition) is 2. The molecule has 0 aliphatic heterocycles. The van der Waals surface area contributed by atoms with Gasteiger partial charge in [0.25, 0.3) is 5.56 Å². The second kappa shape index (κ2) is 5.28. The highest BCUT2D eigenvalue weighted by molar-refractivity contribution is 6.30. The summed E-state index contributed by atoms with van der Waals surface area (Å²) in [5, 5.41) is 0.546. The summed E-state index contributed by atoms with van der Waals surface area (Å²) in [7, 11) is 0. The maximum absolute atomic E-state index is 11.9. The van der Waals surface area contributed by atoms with Crippen LogP contribution in [0, 0.1) is 0 Å². The van der Waals surface area contributed by atoms with Gasteiger partial charge in [-0.25, -0.2) is 4.79 Å². The molecular formula is C14H13ClN2O2. The van der Waals surface area contributed by atoms with E-state index < -0.39 is 5.69 Å². The van der Waals surface area contributed by atoms with Crippen LogP contribution in [0.2, 0.25) is 5.02 Å². The van der Waals surface area contributed by atoms with Gasteiger partial charge in [-0.2, -0.15) is 0 Å². The Morgan fingerprint density at radius 1 is 1.37 bits per heavy atom. The van der Waals surface area contributed by atoms with Crippen LogP contribution in [0.25, 0.3) is 11.3 Å². The molecular weight excluding hydrogens is 264 g/mol. The molecule has 0 atom stereocenters. The molecule has 2 rings (SSSR count). The second-order valence-electron chi connectivity index (χ2n) is 4.38. The average molecular weight is 277 g/mol. The van der Waals surface area contributed by atoms with Crippen LogP contribution in [0.5, 0.6) is 0 Å². The SMILES string of the molecule is C=C(C)Cn1c(=O)cc(-c2cccc(Cl)c2)[nH]c1=O. The highest BCUT2D eigenvalue weighted by Gasteiger charge is 2.06. The van der Waals surface area contributed by atoms with Gasteiger partial charge in [0.2, 0.25) is 0 Å². The summed E-state index contributed by atoms with van der Waals surface area (Å²) in [6, 6.07) is 8.34. The van der Waals surface area contributed by atoms with E-state index in [0.717, 1.165) is 10.1 Å². The monoisotopic (exact) mass is 276 g/mol. The lowest BCUT2D eigenvalue weighted by Crippen LogP contribution is -2.35. The zero-order valence-corrected chi connectivity index (χ0v) is 11.2. The number of rotatable bonds is 3. The Morgan fingerprint density at radius 3 is 2.68 bits per heavy atom. The maximum Gasteiger partial charge on any atom is 0.329 e. The molecule has 0 fully saturated rings. The van der Waals surface area contributed by atoms with Crippen molar-refractivity contribution in [2.45, 2.75) is 13.5 Å². The summed E-state index contributed by atoms with van der Waals surface area (Å²) < 4.78 is 1.11. The zero-order valence-electron chi connectivity index (χ0n) is 10.4. The number of nitrogens with one attached hydrogen (secondary N) is 1. The number of hydrogen-bond donors (Lipinski definition) is 1. The Hall–Kier alpha value is -2.07. The van der Waals surface area contributed by atoms with E-state index in [0.29, 0.717) is 16.3 Å². The van der Waals surface area contributed by atoms with E-state index in [9.17, 15) is 9.59 Å². The molecule has 0 saturated heterocycles. The molecule has 2 aromatic rings. The minimum Gasteiger partial charge on any atom is -0.307 e. The number of benzene rings is 1.